The average Bonchev–Trinajstić information content (AvgIpc) is 2.71. The second-order valence-electron chi connectivity index (χ2n) is 8.76. The van der Waals surface area contributed by atoms with E-state index in [9.17, 15) is 4.79 Å². The molecule has 6 nitrogen and oxygen atoms in total. The third kappa shape index (κ3) is 4.17. The molecule has 0 fully saturated rings. The van der Waals surface area contributed by atoms with E-state index in [-0.39, 0.29) is 5.41 Å². The number of fused-ring (bicyclic) bond motifs is 1. The maximum atomic E-state index is 12.3. The van der Waals surface area contributed by atoms with Crippen LogP contribution in [0.1, 0.15) is 60.6 Å². The predicted molar refractivity (Wildman–Crippen MR) is 104 cm³/mol. The van der Waals surface area contributed by atoms with Crippen LogP contribution < -0.4 is 9.64 Å². The number of carbonyl (C=O) groups is 1. The minimum Gasteiger partial charge on any atom is -0.482 e. The molecule has 0 unspecified atom stereocenters. The van der Waals surface area contributed by atoms with Gasteiger partial charge in [0.1, 0.15) is 28.5 Å². The van der Waals surface area contributed by atoms with E-state index in [2.05, 4.69) is 37.7 Å². The van der Waals surface area contributed by atoms with Crippen molar-refractivity contribution in [1.29, 1.82) is 0 Å². The Bertz CT molecular complexity index is 701. The average molecular weight is 361 g/mol. The number of carbonyl (C=O) groups excluding carboxylic acids is 1. The Morgan fingerprint density at radius 3 is 2.46 bits per heavy atom. The molecule has 1 aromatic heterocycles. The van der Waals surface area contributed by atoms with Crippen LogP contribution in [-0.2, 0) is 4.74 Å². The zero-order valence-electron chi connectivity index (χ0n) is 17.2. The van der Waals surface area contributed by atoms with Gasteiger partial charge in [-0.2, -0.15) is 0 Å². The molecule has 2 heterocycles. The minimum absolute atomic E-state index is 0.0767. The number of pyridine rings is 1. The van der Waals surface area contributed by atoms with Gasteiger partial charge in [-0.1, -0.05) is 27.7 Å². The van der Waals surface area contributed by atoms with Gasteiger partial charge in [0.2, 0.25) is 0 Å². The van der Waals surface area contributed by atoms with Crippen molar-refractivity contribution in [3.63, 3.8) is 0 Å². The third-order valence-corrected chi connectivity index (χ3v) is 4.69. The van der Waals surface area contributed by atoms with Crippen molar-refractivity contribution >= 4 is 18.1 Å². The van der Waals surface area contributed by atoms with Gasteiger partial charge in [-0.05, 0) is 39.3 Å². The molecule has 2 rings (SSSR count). The van der Waals surface area contributed by atoms with Crippen molar-refractivity contribution < 1.29 is 14.3 Å². The van der Waals surface area contributed by atoms with Crippen LogP contribution in [-0.4, -0.2) is 42.1 Å². The lowest BCUT2D eigenvalue weighted by molar-refractivity contribution is -0.0269. The van der Waals surface area contributed by atoms with Crippen molar-refractivity contribution in [2.75, 3.05) is 18.5 Å². The summed E-state index contributed by atoms with van der Waals surface area (Å²) in [5, 5.41) is 0. The summed E-state index contributed by atoms with van der Waals surface area (Å²) in [6, 6.07) is 3.62. The van der Waals surface area contributed by atoms with Gasteiger partial charge < -0.3 is 9.47 Å². The fourth-order valence-corrected chi connectivity index (χ4v) is 2.87. The van der Waals surface area contributed by atoms with E-state index in [1.165, 1.54) is 4.90 Å². The first-order valence-corrected chi connectivity index (χ1v) is 9.05. The summed E-state index contributed by atoms with van der Waals surface area (Å²) in [7, 11) is 1.64. The summed E-state index contributed by atoms with van der Waals surface area (Å²) in [4.78, 5) is 22.8. The van der Waals surface area contributed by atoms with Gasteiger partial charge in [-0.3, -0.25) is 9.89 Å². The van der Waals surface area contributed by atoms with Crippen LogP contribution in [0.3, 0.4) is 0 Å². The van der Waals surface area contributed by atoms with Crippen molar-refractivity contribution in [2.24, 2.45) is 10.4 Å². The molecule has 0 aromatic carbocycles. The number of rotatable bonds is 2. The van der Waals surface area contributed by atoms with Crippen molar-refractivity contribution in [2.45, 2.75) is 66.1 Å². The van der Waals surface area contributed by atoms with E-state index in [4.69, 9.17) is 9.47 Å². The van der Waals surface area contributed by atoms with E-state index in [1.54, 1.807) is 19.3 Å². The second-order valence-corrected chi connectivity index (χ2v) is 8.76. The summed E-state index contributed by atoms with van der Waals surface area (Å²) in [6.07, 6.45) is 2.12. The van der Waals surface area contributed by atoms with E-state index in [0.717, 1.165) is 6.42 Å². The van der Waals surface area contributed by atoms with E-state index in [0.29, 0.717) is 23.8 Å². The first kappa shape index (κ1) is 20.2. The summed E-state index contributed by atoms with van der Waals surface area (Å²) in [6.45, 7) is 14.7. The fraction of sp³-hybridized carbons (Fsp3) is 0.650. The zero-order valence-corrected chi connectivity index (χ0v) is 17.2. The van der Waals surface area contributed by atoms with Crippen molar-refractivity contribution in [3.8, 4) is 5.75 Å². The standard InChI is InChI=1S/C20H31N3O3/c1-9-20(18(2,3)4)13-21-12-14-15(25-20)10-11-16(22-14)23(8)17(24)26-19(5,6)7/h10-12H,9,13H2,1-8H3/t20-/m0/s1. The number of hydrogen-bond acceptors (Lipinski definition) is 5. The molecule has 0 bridgehead atoms. The number of hydrogen-bond donors (Lipinski definition) is 0. The highest BCUT2D eigenvalue weighted by Gasteiger charge is 2.44. The summed E-state index contributed by atoms with van der Waals surface area (Å²) < 4.78 is 11.8. The summed E-state index contributed by atoms with van der Waals surface area (Å²) in [5.74, 6) is 1.18. The van der Waals surface area contributed by atoms with Gasteiger partial charge in [-0.15, -0.1) is 0 Å². The summed E-state index contributed by atoms with van der Waals surface area (Å²) >= 11 is 0. The maximum Gasteiger partial charge on any atom is 0.415 e. The van der Waals surface area contributed by atoms with Crippen LogP contribution in [0.5, 0.6) is 5.75 Å². The number of aromatic nitrogens is 1. The van der Waals surface area contributed by atoms with E-state index < -0.39 is 17.3 Å². The Kier molecular flexibility index (Phi) is 5.36. The van der Waals surface area contributed by atoms with Crippen LogP contribution in [0.15, 0.2) is 17.1 Å². The fourth-order valence-electron chi connectivity index (χ4n) is 2.87. The van der Waals surface area contributed by atoms with Gasteiger partial charge in [0, 0.05) is 12.5 Å². The molecule has 144 valence electrons. The Morgan fingerprint density at radius 1 is 1.27 bits per heavy atom. The zero-order chi connectivity index (χ0) is 19.8. The Labute approximate surface area is 156 Å². The van der Waals surface area contributed by atoms with Crippen LogP contribution >= 0.6 is 0 Å². The molecule has 0 saturated heterocycles. The molecule has 1 aliphatic heterocycles. The lowest BCUT2D eigenvalue weighted by Crippen LogP contribution is -2.50. The third-order valence-electron chi connectivity index (χ3n) is 4.69. The normalized spacial score (nSPS) is 20.0. The second kappa shape index (κ2) is 6.89. The maximum absolute atomic E-state index is 12.3. The molecule has 0 saturated carbocycles. The number of amides is 1. The van der Waals surface area contributed by atoms with E-state index in [1.807, 2.05) is 26.8 Å². The molecule has 1 aliphatic rings. The molecule has 26 heavy (non-hydrogen) atoms. The Hall–Kier alpha value is -2.11. The molecule has 0 aliphatic carbocycles. The van der Waals surface area contributed by atoms with Gasteiger partial charge in [0.15, 0.2) is 0 Å². The molecule has 0 N–H and O–H groups in total. The van der Waals surface area contributed by atoms with Gasteiger partial charge in [0.05, 0.1) is 12.8 Å². The highest BCUT2D eigenvalue weighted by Crippen LogP contribution is 2.40. The van der Waals surface area contributed by atoms with Crippen LogP contribution in [0.25, 0.3) is 0 Å². The summed E-state index contributed by atoms with van der Waals surface area (Å²) in [5.41, 5.74) is -0.408. The lowest BCUT2D eigenvalue weighted by Gasteiger charge is -2.42. The van der Waals surface area contributed by atoms with Crippen LogP contribution in [0.4, 0.5) is 10.6 Å². The Balaban J connectivity index is 2.32. The molecule has 6 heteroatoms. The first-order valence-electron chi connectivity index (χ1n) is 9.05. The molecule has 0 radical (unpaired) electrons. The number of ether oxygens (including phenoxy) is 2. The molecular formula is C20H31N3O3. The monoisotopic (exact) mass is 361 g/mol. The van der Waals surface area contributed by atoms with Gasteiger partial charge in [-0.25, -0.2) is 9.78 Å². The molecule has 1 atom stereocenters. The van der Waals surface area contributed by atoms with Gasteiger partial charge >= 0.3 is 6.09 Å². The number of nitrogens with zero attached hydrogens (tertiary/aromatic N) is 3. The quantitative estimate of drug-likeness (QED) is 0.780. The Morgan fingerprint density at radius 2 is 1.92 bits per heavy atom. The number of aliphatic imine (C=N–C) groups is 1. The highest BCUT2D eigenvalue weighted by atomic mass is 16.6. The van der Waals surface area contributed by atoms with Crippen molar-refractivity contribution in [1.82, 2.24) is 4.98 Å². The SMILES string of the molecule is CC[C@@]1(C(C)(C)C)CN=Cc2nc(N(C)C(=O)OC(C)(C)C)ccc2O1. The van der Waals surface area contributed by atoms with E-state index >= 15 is 0 Å². The molecule has 0 spiro atoms. The van der Waals surface area contributed by atoms with Gasteiger partial charge in [0.25, 0.3) is 0 Å². The number of anilines is 1. The molecular weight excluding hydrogens is 330 g/mol. The van der Waals surface area contributed by atoms with Crippen molar-refractivity contribution in [3.05, 3.63) is 17.8 Å². The molecule has 1 amide bonds. The molecule has 1 aromatic rings. The van der Waals surface area contributed by atoms with Crippen LogP contribution in [0.2, 0.25) is 0 Å². The largest absolute Gasteiger partial charge is 0.482 e. The topological polar surface area (TPSA) is 64.0 Å². The smallest absolute Gasteiger partial charge is 0.415 e. The van der Waals surface area contributed by atoms with Crippen LogP contribution in [0, 0.1) is 5.41 Å². The minimum atomic E-state index is -0.560. The lowest BCUT2D eigenvalue weighted by atomic mass is 9.74. The first-order chi connectivity index (χ1) is 11.9. The highest BCUT2D eigenvalue weighted by molar-refractivity contribution is 5.88. The predicted octanol–water partition coefficient (Wildman–Crippen LogP) is 4.46.